The van der Waals surface area contributed by atoms with Gasteiger partial charge in [-0.3, -0.25) is 0 Å². The Morgan fingerprint density at radius 2 is 1.32 bits per heavy atom. The fraction of sp³-hybridized carbons (Fsp3) is 0.0588. The molecule has 0 unspecified atom stereocenters. The van der Waals surface area contributed by atoms with Crippen molar-refractivity contribution in [1.82, 2.24) is 9.97 Å². The molecule has 0 radical (unpaired) electrons. The summed E-state index contributed by atoms with van der Waals surface area (Å²) in [6.07, 6.45) is 0. The predicted molar refractivity (Wildman–Crippen MR) is 89.6 cm³/mol. The molecular weight excluding hydrogens is 274 g/mol. The third-order valence-corrected chi connectivity index (χ3v) is 3.27. The summed E-state index contributed by atoms with van der Waals surface area (Å²) < 4.78 is 0. The third-order valence-electron chi connectivity index (χ3n) is 3.27. The van der Waals surface area contributed by atoms with E-state index in [1.165, 1.54) is 0 Å². The van der Waals surface area contributed by atoms with Crippen LogP contribution in [-0.4, -0.2) is 9.97 Å². The monoisotopic (exact) mass is 291 g/mol. The van der Waals surface area contributed by atoms with Crippen LogP contribution in [0.15, 0.2) is 66.7 Å². The van der Waals surface area contributed by atoms with E-state index >= 15 is 0 Å². The number of anilines is 4. The van der Waals surface area contributed by atoms with Gasteiger partial charge >= 0.3 is 0 Å². The summed E-state index contributed by atoms with van der Waals surface area (Å²) in [5.74, 6) is 0.569. The number of benzene rings is 2. The molecule has 5 nitrogen and oxygen atoms in total. The first kappa shape index (κ1) is 13.9. The maximum absolute atomic E-state index is 5.76. The fourth-order valence-corrected chi connectivity index (χ4v) is 2.33. The quantitative estimate of drug-likeness (QED) is 0.772. The van der Waals surface area contributed by atoms with Crippen molar-refractivity contribution in [1.29, 1.82) is 0 Å². The van der Waals surface area contributed by atoms with Gasteiger partial charge in [0.15, 0.2) is 0 Å². The molecule has 0 aliphatic heterocycles. The standard InChI is InChI=1S/C17H17N5/c18-16-11-13(20-17(19)21-16)12-22(14-7-3-1-4-8-14)15-9-5-2-6-10-15/h1-11H,12H2,(H4,18,19,20,21). The zero-order valence-corrected chi connectivity index (χ0v) is 12.1. The van der Waals surface area contributed by atoms with Gasteiger partial charge in [-0.15, -0.1) is 0 Å². The van der Waals surface area contributed by atoms with Crippen molar-refractivity contribution in [2.75, 3.05) is 16.4 Å². The molecule has 2 aromatic carbocycles. The zero-order chi connectivity index (χ0) is 15.4. The van der Waals surface area contributed by atoms with Crippen molar-refractivity contribution in [3.05, 3.63) is 72.4 Å². The SMILES string of the molecule is Nc1cc(CN(c2ccccc2)c2ccccc2)nc(N)n1. The highest BCUT2D eigenvalue weighted by Gasteiger charge is 2.11. The Kier molecular flexibility index (Phi) is 3.87. The number of rotatable bonds is 4. The normalized spacial score (nSPS) is 10.4. The summed E-state index contributed by atoms with van der Waals surface area (Å²) in [5, 5.41) is 0. The van der Waals surface area contributed by atoms with Gasteiger partial charge in [-0.1, -0.05) is 36.4 Å². The molecule has 3 rings (SSSR count). The van der Waals surface area contributed by atoms with Gasteiger partial charge in [-0.2, -0.15) is 4.98 Å². The molecule has 1 aromatic heterocycles. The van der Waals surface area contributed by atoms with Crippen molar-refractivity contribution in [3.63, 3.8) is 0 Å². The molecule has 3 aromatic rings. The van der Waals surface area contributed by atoms with E-state index in [4.69, 9.17) is 11.5 Å². The minimum Gasteiger partial charge on any atom is -0.384 e. The molecule has 22 heavy (non-hydrogen) atoms. The van der Waals surface area contributed by atoms with Gasteiger partial charge in [0.05, 0.1) is 12.2 Å². The minimum absolute atomic E-state index is 0.191. The molecule has 0 amide bonds. The van der Waals surface area contributed by atoms with Crippen molar-refractivity contribution in [2.24, 2.45) is 0 Å². The smallest absolute Gasteiger partial charge is 0.222 e. The number of aromatic nitrogens is 2. The molecule has 0 atom stereocenters. The minimum atomic E-state index is 0.191. The van der Waals surface area contributed by atoms with Crippen molar-refractivity contribution in [2.45, 2.75) is 6.54 Å². The Morgan fingerprint density at radius 3 is 1.82 bits per heavy atom. The highest BCUT2D eigenvalue weighted by molar-refractivity contribution is 5.63. The van der Waals surface area contributed by atoms with E-state index < -0.39 is 0 Å². The molecule has 0 fully saturated rings. The van der Waals surface area contributed by atoms with Crippen LogP contribution in [0.25, 0.3) is 0 Å². The second kappa shape index (κ2) is 6.13. The van der Waals surface area contributed by atoms with E-state index in [0.717, 1.165) is 17.1 Å². The van der Waals surface area contributed by atoms with Crippen LogP contribution in [0, 0.1) is 0 Å². The average Bonchev–Trinajstić information content (AvgIpc) is 2.53. The van der Waals surface area contributed by atoms with Gasteiger partial charge < -0.3 is 16.4 Å². The third kappa shape index (κ3) is 3.15. The molecule has 0 saturated heterocycles. The van der Waals surface area contributed by atoms with Crippen LogP contribution in [0.5, 0.6) is 0 Å². The molecule has 0 aliphatic rings. The van der Waals surface area contributed by atoms with E-state index in [2.05, 4.69) is 39.1 Å². The number of para-hydroxylation sites is 2. The average molecular weight is 291 g/mol. The Labute approximate surface area is 129 Å². The van der Waals surface area contributed by atoms with Gasteiger partial charge in [0.25, 0.3) is 0 Å². The number of hydrogen-bond acceptors (Lipinski definition) is 5. The number of nitrogens with zero attached hydrogens (tertiary/aromatic N) is 3. The van der Waals surface area contributed by atoms with Gasteiger partial charge in [-0.25, -0.2) is 4.98 Å². The highest BCUT2D eigenvalue weighted by atomic mass is 15.2. The van der Waals surface area contributed by atoms with Crippen LogP contribution in [0.1, 0.15) is 5.69 Å². The molecular formula is C17H17N5. The van der Waals surface area contributed by atoms with E-state index in [1.54, 1.807) is 6.07 Å². The van der Waals surface area contributed by atoms with Crippen LogP contribution in [0.2, 0.25) is 0 Å². The molecule has 0 aliphatic carbocycles. The molecule has 0 spiro atoms. The first-order chi connectivity index (χ1) is 10.7. The van der Waals surface area contributed by atoms with Crippen molar-refractivity contribution in [3.8, 4) is 0 Å². The van der Waals surface area contributed by atoms with Crippen LogP contribution >= 0.6 is 0 Å². The number of nitrogens with two attached hydrogens (primary N) is 2. The Hall–Kier alpha value is -3.08. The lowest BCUT2D eigenvalue weighted by Crippen LogP contribution is -2.18. The summed E-state index contributed by atoms with van der Waals surface area (Å²) in [5.41, 5.74) is 14.4. The van der Waals surface area contributed by atoms with E-state index in [-0.39, 0.29) is 5.95 Å². The van der Waals surface area contributed by atoms with Crippen molar-refractivity contribution >= 4 is 23.1 Å². The maximum Gasteiger partial charge on any atom is 0.222 e. The molecule has 110 valence electrons. The highest BCUT2D eigenvalue weighted by Crippen LogP contribution is 2.26. The Morgan fingerprint density at radius 1 is 0.773 bits per heavy atom. The molecule has 0 bridgehead atoms. The van der Waals surface area contributed by atoms with Crippen LogP contribution < -0.4 is 16.4 Å². The topological polar surface area (TPSA) is 81.1 Å². The molecule has 1 heterocycles. The lowest BCUT2D eigenvalue weighted by atomic mass is 10.2. The molecule has 5 heteroatoms. The Balaban J connectivity index is 1.99. The van der Waals surface area contributed by atoms with Crippen LogP contribution in [0.4, 0.5) is 23.1 Å². The second-order valence-electron chi connectivity index (χ2n) is 4.90. The first-order valence-corrected chi connectivity index (χ1v) is 6.99. The Bertz CT molecular complexity index is 684. The number of nitrogen functional groups attached to an aromatic ring is 2. The van der Waals surface area contributed by atoms with Gasteiger partial charge in [-0.05, 0) is 24.3 Å². The van der Waals surface area contributed by atoms with E-state index in [9.17, 15) is 0 Å². The zero-order valence-electron chi connectivity index (χ0n) is 12.1. The summed E-state index contributed by atoms with van der Waals surface area (Å²) in [7, 11) is 0. The van der Waals surface area contributed by atoms with Crippen LogP contribution in [-0.2, 0) is 6.54 Å². The molecule has 4 N–H and O–H groups in total. The summed E-state index contributed by atoms with van der Waals surface area (Å²) in [6.45, 7) is 0.560. The van der Waals surface area contributed by atoms with Gasteiger partial charge in [0.1, 0.15) is 5.82 Å². The summed E-state index contributed by atoms with van der Waals surface area (Å²) >= 11 is 0. The summed E-state index contributed by atoms with van der Waals surface area (Å²) in [6, 6.07) is 22.0. The van der Waals surface area contributed by atoms with Crippen molar-refractivity contribution < 1.29 is 0 Å². The van der Waals surface area contributed by atoms with Gasteiger partial charge in [0, 0.05) is 17.4 Å². The predicted octanol–water partition coefficient (Wildman–Crippen LogP) is 2.98. The van der Waals surface area contributed by atoms with Crippen LogP contribution in [0.3, 0.4) is 0 Å². The summed E-state index contributed by atoms with van der Waals surface area (Å²) in [4.78, 5) is 10.3. The number of hydrogen-bond donors (Lipinski definition) is 2. The lowest BCUT2D eigenvalue weighted by molar-refractivity contribution is 0.920. The molecule has 0 saturated carbocycles. The van der Waals surface area contributed by atoms with Gasteiger partial charge in [0.2, 0.25) is 5.95 Å². The maximum atomic E-state index is 5.76. The lowest BCUT2D eigenvalue weighted by Gasteiger charge is -2.24. The first-order valence-electron chi connectivity index (χ1n) is 6.99. The second-order valence-corrected chi connectivity index (χ2v) is 4.90. The van der Waals surface area contributed by atoms with E-state index in [1.807, 2.05) is 36.4 Å². The largest absolute Gasteiger partial charge is 0.384 e. The van der Waals surface area contributed by atoms with E-state index in [0.29, 0.717) is 12.4 Å². The fourth-order valence-electron chi connectivity index (χ4n) is 2.33.